The number of nitrogens with one attached hydrogen (secondary N) is 1. The Kier molecular flexibility index (Phi) is 4.53. The summed E-state index contributed by atoms with van der Waals surface area (Å²) < 4.78 is 28.8. The minimum absolute atomic E-state index is 0.234. The quantitative estimate of drug-likeness (QED) is 0.819. The fourth-order valence-corrected chi connectivity index (χ4v) is 3.25. The summed E-state index contributed by atoms with van der Waals surface area (Å²) >= 11 is 0. The first-order valence-electron chi connectivity index (χ1n) is 6.41. The molecule has 7 heteroatoms. The number of sulfonamides is 1. The zero-order valence-corrected chi connectivity index (χ0v) is 12.1. The number of rotatable bonds is 6. The zero-order valence-electron chi connectivity index (χ0n) is 11.3. The lowest BCUT2D eigenvalue weighted by atomic mass is 10.3. The van der Waals surface area contributed by atoms with Crippen molar-refractivity contribution in [2.45, 2.75) is 18.2 Å². The summed E-state index contributed by atoms with van der Waals surface area (Å²) in [4.78, 5) is 4.45. The Hall–Kier alpha value is -1.70. The number of benzene rings is 1. The molecule has 0 aliphatic rings. The Morgan fingerprint density at radius 3 is 2.80 bits per heavy atom. The Bertz CT molecular complexity index is 679. The van der Waals surface area contributed by atoms with Gasteiger partial charge >= 0.3 is 0 Å². The summed E-state index contributed by atoms with van der Waals surface area (Å²) in [7, 11) is -3.53. The van der Waals surface area contributed by atoms with Gasteiger partial charge in [0.2, 0.25) is 10.0 Å². The van der Waals surface area contributed by atoms with Crippen molar-refractivity contribution in [3.05, 3.63) is 42.5 Å². The number of hydrogen-bond donors (Lipinski definition) is 2. The van der Waals surface area contributed by atoms with Crippen molar-refractivity contribution in [3.63, 3.8) is 0 Å². The van der Waals surface area contributed by atoms with Crippen LogP contribution in [-0.4, -0.2) is 31.1 Å². The summed E-state index contributed by atoms with van der Waals surface area (Å²) in [5.74, 6) is 0.742. The number of imidazole rings is 1. The van der Waals surface area contributed by atoms with E-state index in [1.54, 1.807) is 48.1 Å². The van der Waals surface area contributed by atoms with Crippen molar-refractivity contribution >= 4 is 10.0 Å². The molecule has 0 atom stereocenters. The molecule has 0 saturated heterocycles. The molecule has 1 aromatic heterocycles. The van der Waals surface area contributed by atoms with E-state index in [1.165, 1.54) is 0 Å². The second-order valence-corrected chi connectivity index (χ2v) is 5.96. The average molecular weight is 294 g/mol. The molecule has 1 aromatic carbocycles. The highest BCUT2D eigenvalue weighted by molar-refractivity contribution is 7.89. The van der Waals surface area contributed by atoms with Gasteiger partial charge < -0.3 is 10.3 Å². The van der Waals surface area contributed by atoms with Gasteiger partial charge in [0.15, 0.2) is 0 Å². The van der Waals surface area contributed by atoms with Crippen LogP contribution in [0.4, 0.5) is 0 Å². The highest BCUT2D eigenvalue weighted by atomic mass is 32.2. The van der Waals surface area contributed by atoms with Crippen LogP contribution in [0.2, 0.25) is 0 Å². The van der Waals surface area contributed by atoms with Crippen molar-refractivity contribution in [1.82, 2.24) is 14.3 Å². The van der Waals surface area contributed by atoms with Crippen LogP contribution >= 0.6 is 0 Å². The van der Waals surface area contributed by atoms with Crippen molar-refractivity contribution in [3.8, 4) is 5.69 Å². The number of nitrogens with two attached hydrogens (primary N) is 1. The van der Waals surface area contributed by atoms with E-state index in [9.17, 15) is 8.42 Å². The second kappa shape index (κ2) is 6.17. The summed E-state index contributed by atoms with van der Waals surface area (Å²) in [5.41, 5.74) is 6.13. The predicted molar refractivity (Wildman–Crippen MR) is 77.2 cm³/mol. The van der Waals surface area contributed by atoms with Crippen LogP contribution < -0.4 is 10.5 Å². The molecule has 20 heavy (non-hydrogen) atoms. The number of hydrogen-bond acceptors (Lipinski definition) is 4. The predicted octanol–water partition coefficient (Wildman–Crippen LogP) is 0.672. The van der Waals surface area contributed by atoms with E-state index < -0.39 is 10.0 Å². The van der Waals surface area contributed by atoms with E-state index in [0.29, 0.717) is 25.2 Å². The van der Waals surface area contributed by atoms with Gasteiger partial charge in [0, 0.05) is 25.4 Å². The van der Waals surface area contributed by atoms with E-state index >= 15 is 0 Å². The van der Waals surface area contributed by atoms with Crippen LogP contribution in [0.15, 0.2) is 41.6 Å². The molecule has 0 fully saturated rings. The monoisotopic (exact) mass is 294 g/mol. The van der Waals surface area contributed by atoms with Crippen LogP contribution in [0.3, 0.4) is 0 Å². The second-order valence-electron chi connectivity index (χ2n) is 4.22. The number of para-hydroxylation sites is 1. The van der Waals surface area contributed by atoms with Crippen molar-refractivity contribution < 1.29 is 8.42 Å². The molecule has 0 radical (unpaired) electrons. The average Bonchev–Trinajstić information content (AvgIpc) is 2.87. The van der Waals surface area contributed by atoms with Crippen LogP contribution in [-0.2, 0) is 16.4 Å². The SMILES string of the molecule is CCNS(=O)(=O)c1ccccc1-n1ccnc1CCN. The standard InChI is InChI=1S/C13H18N4O2S/c1-2-16-20(18,19)12-6-4-3-5-11(12)17-10-9-15-13(17)7-8-14/h3-6,9-10,16H,2,7-8,14H2,1H3. The first kappa shape index (κ1) is 14.7. The molecular formula is C13H18N4O2S. The maximum atomic E-state index is 12.2. The molecular weight excluding hydrogens is 276 g/mol. The highest BCUT2D eigenvalue weighted by Gasteiger charge is 2.19. The zero-order chi connectivity index (χ0) is 14.6. The minimum atomic E-state index is -3.53. The molecule has 0 bridgehead atoms. The van der Waals surface area contributed by atoms with E-state index in [-0.39, 0.29) is 4.90 Å². The Morgan fingerprint density at radius 2 is 2.10 bits per heavy atom. The largest absolute Gasteiger partial charge is 0.330 e. The van der Waals surface area contributed by atoms with Gasteiger partial charge in [-0.1, -0.05) is 19.1 Å². The van der Waals surface area contributed by atoms with Crippen LogP contribution in [0.25, 0.3) is 5.69 Å². The van der Waals surface area contributed by atoms with E-state index in [1.807, 2.05) is 0 Å². The molecule has 1 heterocycles. The van der Waals surface area contributed by atoms with Gasteiger partial charge in [-0.05, 0) is 18.7 Å². The van der Waals surface area contributed by atoms with Gasteiger partial charge in [0.1, 0.15) is 10.7 Å². The highest BCUT2D eigenvalue weighted by Crippen LogP contribution is 2.21. The Balaban J connectivity index is 2.55. The molecule has 0 amide bonds. The molecule has 108 valence electrons. The van der Waals surface area contributed by atoms with Gasteiger partial charge in [0.25, 0.3) is 0 Å². The molecule has 0 unspecified atom stereocenters. The molecule has 0 saturated carbocycles. The molecule has 0 aliphatic carbocycles. The van der Waals surface area contributed by atoms with E-state index in [4.69, 9.17) is 5.73 Å². The summed E-state index contributed by atoms with van der Waals surface area (Å²) in [5, 5.41) is 0. The van der Waals surface area contributed by atoms with Crippen LogP contribution in [0.5, 0.6) is 0 Å². The first-order chi connectivity index (χ1) is 9.60. The van der Waals surface area contributed by atoms with Gasteiger partial charge in [0.05, 0.1) is 5.69 Å². The third-order valence-corrected chi connectivity index (χ3v) is 4.43. The van der Waals surface area contributed by atoms with Gasteiger partial charge in [-0.25, -0.2) is 18.1 Å². The lowest BCUT2D eigenvalue weighted by molar-refractivity contribution is 0.583. The maximum Gasteiger partial charge on any atom is 0.242 e. The van der Waals surface area contributed by atoms with Gasteiger partial charge in [-0.3, -0.25) is 0 Å². The molecule has 3 N–H and O–H groups in total. The normalized spacial score (nSPS) is 11.7. The molecule has 6 nitrogen and oxygen atoms in total. The minimum Gasteiger partial charge on any atom is -0.330 e. The van der Waals surface area contributed by atoms with E-state index in [2.05, 4.69) is 9.71 Å². The molecule has 0 spiro atoms. The topological polar surface area (TPSA) is 90.0 Å². The van der Waals surface area contributed by atoms with Crippen LogP contribution in [0, 0.1) is 0 Å². The molecule has 2 aromatic rings. The van der Waals surface area contributed by atoms with Crippen molar-refractivity contribution in [2.24, 2.45) is 5.73 Å². The smallest absolute Gasteiger partial charge is 0.242 e. The lowest BCUT2D eigenvalue weighted by Gasteiger charge is -2.13. The summed E-state index contributed by atoms with van der Waals surface area (Å²) in [6.07, 6.45) is 3.97. The fourth-order valence-electron chi connectivity index (χ4n) is 2.02. The number of nitrogens with zero attached hydrogens (tertiary/aromatic N) is 2. The van der Waals surface area contributed by atoms with Crippen molar-refractivity contribution in [1.29, 1.82) is 0 Å². The Morgan fingerprint density at radius 1 is 1.35 bits per heavy atom. The third-order valence-electron chi connectivity index (χ3n) is 2.83. The molecule has 0 aliphatic heterocycles. The number of aromatic nitrogens is 2. The third kappa shape index (κ3) is 2.90. The lowest BCUT2D eigenvalue weighted by Crippen LogP contribution is -2.24. The van der Waals surface area contributed by atoms with Gasteiger partial charge in [-0.15, -0.1) is 0 Å². The first-order valence-corrected chi connectivity index (χ1v) is 7.90. The fraction of sp³-hybridized carbons (Fsp3) is 0.308. The molecule has 2 rings (SSSR count). The Labute approximate surface area is 118 Å². The van der Waals surface area contributed by atoms with Crippen LogP contribution in [0.1, 0.15) is 12.7 Å². The van der Waals surface area contributed by atoms with Crippen molar-refractivity contribution in [2.75, 3.05) is 13.1 Å². The van der Waals surface area contributed by atoms with E-state index in [0.717, 1.165) is 5.82 Å². The maximum absolute atomic E-state index is 12.2. The van der Waals surface area contributed by atoms with Gasteiger partial charge in [-0.2, -0.15) is 0 Å². The summed E-state index contributed by atoms with van der Waals surface area (Å²) in [6.45, 7) is 2.55. The summed E-state index contributed by atoms with van der Waals surface area (Å²) in [6, 6.07) is 6.84.